The highest BCUT2D eigenvalue weighted by Gasteiger charge is 2.10. The molecule has 2 nitrogen and oxygen atoms in total. The zero-order valence-corrected chi connectivity index (χ0v) is 10.2. The first kappa shape index (κ1) is 12.3. The molecule has 0 spiro atoms. The van der Waals surface area contributed by atoms with Gasteiger partial charge in [0.2, 0.25) is 0 Å². The maximum absolute atomic E-state index is 13.6. The molecule has 2 rings (SSSR count). The maximum Gasteiger partial charge on any atom is 0.126 e. The Morgan fingerprint density at radius 1 is 1.11 bits per heavy atom. The zero-order valence-electron chi connectivity index (χ0n) is 10.2. The van der Waals surface area contributed by atoms with E-state index in [0.29, 0.717) is 17.5 Å². The van der Waals surface area contributed by atoms with Gasteiger partial charge < -0.3 is 5.73 Å². The first-order valence-corrected chi connectivity index (χ1v) is 5.76. The standard InChI is InChI=1S/C15H15FN2/c1-10-5-4-7-12(14(10)15(17)18)9-11-6-2-3-8-13(11)16/h2-8H,9H2,1H3,(H3,17,18). The number of hydrogen-bond donors (Lipinski definition) is 2. The Morgan fingerprint density at radius 2 is 1.78 bits per heavy atom. The third-order valence-electron chi connectivity index (χ3n) is 2.97. The summed E-state index contributed by atoms with van der Waals surface area (Å²) in [6, 6.07) is 12.4. The number of amidine groups is 1. The van der Waals surface area contributed by atoms with Gasteiger partial charge >= 0.3 is 0 Å². The van der Waals surface area contributed by atoms with Crippen LogP contribution < -0.4 is 5.73 Å². The van der Waals surface area contributed by atoms with E-state index in [0.717, 1.165) is 11.1 Å². The Bertz CT molecular complexity index is 591. The lowest BCUT2D eigenvalue weighted by Gasteiger charge is -2.11. The van der Waals surface area contributed by atoms with E-state index in [1.807, 2.05) is 31.2 Å². The molecule has 3 heteroatoms. The fourth-order valence-electron chi connectivity index (χ4n) is 2.11. The third-order valence-corrected chi connectivity index (χ3v) is 2.97. The largest absolute Gasteiger partial charge is 0.384 e. The molecule has 0 amide bonds. The molecular formula is C15H15FN2. The van der Waals surface area contributed by atoms with Gasteiger partial charge in [-0.3, -0.25) is 5.41 Å². The van der Waals surface area contributed by atoms with Crippen molar-refractivity contribution in [2.24, 2.45) is 5.73 Å². The van der Waals surface area contributed by atoms with Crippen molar-refractivity contribution in [3.63, 3.8) is 0 Å². The van der Waals surface area contributed by atoms with E-state index >= 15 is 0 Å². The lowest BCUT2D eigenvalue weighted by atomic mass is 9.95. The highest BCUT2D eigenvalue weighted by atomic mass is 19.1. The second-order valence-electron chi connectivity index (χ2n) is 4.29. The molecule has 0 radical (unpaired) electrons. The van der Waals surface area contributed by atoms with Crippen LogP contribution >= 0.6 is 0 Å². The van der Waals surface area contributed by atoms with Crippen LogP contribution in [0.25, 0.3) is 0 Å². The SMILES string of the molecule is Cc1cccc(Cc2ccccc2F)c1C(=N)N. The van der Waals surface area contributed by atoms with Gasteiger partial charge in [-0.15, -0.1) is 0 Å². The fraction of sp³-hybridized carbons (Fsp3) is 0.133. The van der Waals surface area contributed by atoms with Crippen LogP contribution in [0.3, 0.4) is 0 Å². The molecule has 0 fully saturated rings. The summed E-state index contributed by atoms with van der Waals surface area (Å²) in [6.45, 7) is 1.90. The van der Waals surface area contributed by atoms with Crippen LogP contribution in [0.15, 0.2) is 42.5 Å². The molecule has 18 heavy (non-hydrogen) atoms. The summed E-state index contributed by atoms with van der Waals surface area (Å²) in [7, 11) is 0. The second kappa shape index (κ2) is 5.00. The number of aryl methyl sites for hydroxylation is 1. The number of halogens is 1. The Labute approximate surface area is 106 Å². The average molecular weight is 242 g/mol. The Kier molecular flexibility index (Phi) is 3.42. The smallest absolute Gasteiger partial charge is 0.126 e. The number of nitrogen functional groups attached to an aromatic ring is 1. The van der Waals surface area contributed by atoms with E-state index in [1.54, 1.807) is 12.1 Å². The molecule has 2 aromatic rings. The van der Waals surface area contributed by atoms with E-state index in [9.17, 15) is 4.39 Å². The van der Waals surface area contributed by atoms with E-state index in [4.69, 9.17) is 11.1 Å². The number of nitrogens with two attached hydrogens (primary N) is 1. The fourth-order valence-corrected chi connectivity index (χ4v) is 2.11. The Hall–Kier alpha value is -2.16. The van der Waals surface area contributed by atoms with Crippen molar-refractivity contribution in [3.05, 3.63) is 70.5 Å². The van der Waals surface area contributed by atoms with Gasteiger partial charge in [0.05, 0.1) is 0 Å². The number of rotatable bonds is 3. The molecular weight excluding hydrogens is 227 g/mol. The van der Waals surface area contributed by atoms with Gasteiger partial charge in [0.15, 0.2) is 0 Å². The molecule has 0 aliphatic heterocycles. The van der Waals surface area contributed by atoms with Crippen LogP contribution in [0.2, 0.25) is 0 Å². The van der Waals surface area contributed by atoms with Gasteiger partial charge in [0, 0.05) is 12.0 Å². The Morgan fingerprint density at radius 3 is 2.44 bits per heavy atom. The van der Waals surface area contributed by atoms with Crippen molar-refractivity contribution in [3.8, 4) is 0 Å². The van der Waals surface area contributed by atoms with Gasteiger partial charge in [0.1, 0.15) is 11.7 Å². The van der Waals surface area contributed by atoms with Crippen molar-refractivity contribution in [2.75, 3.05) is 0 Å². The lowest BCUT2D eigenvalue weighted by molar-refractivity contribution is 0.614. The van der Waals surface area contributed by atoms with Crippen LogP contribution in [0, 0.1) is 18.2 Å². The molecule has 0 unspecified atom stereocenters. The minimum atomic E-state index is -0.228. The predicted molar refractivity (Wildman–Crippen MR) is 71.4 cm³/mol. The molecule has 0 saturated carbocycles. The molecule has 92 valence electrons. The van der Waals surface area contributed by atoms with E-state index < -0.39 is 0 Å². The number of benzene rings is 2. The summed E-state index contributed by atoms with van der Waals surface area (Å²) >= 11 is 0. The van der Waals surface area contributed by atoms with Crippen LogP contribution in [0.5, 0.6) is 0 Å². The summed E-state index contributed by atoms with van der Waals surface area (Å²) in [5.41, 5.74) is 8.75. The van der Waals surface area contributed by atoms with Gasteiger partial charge in [-0.1, -0.05) is 36.4 Å². The molecule has 3 N–H and O–H groups in total. The average Bonchev–Trinajstić information content (AvgIpc) is 2.31. The van der Waals surface area contributed by atoms with E-state index in [2.05, 4.69) is 0 Å². The molecule has 0 bridgehead atoms. The summed E-state index contributed by atoms with van der Waals surface area (Å²) < 4.78 is 13.6. The maximum atomic E-state index is 13.6. The molecule has 0 aliphatic rings. The second-order valence-corrected chi connectivity index (χ2v) is 4.29. The van der Waals surface area contributed by atoms with E-state index in [1.165, 1.54) is 6.07 Å². The summed E-state index contributed by atoms with van der Waals surface area (Å²) in [6.07, 6.45) is 0.448. The predicted octanol–water partition coefficient (Wildman–Crippen LogP) is 3.01. The molecule has 0 atom stereocenters. The molecule has 0 heterocycles. The molecule has 0 aromatic heterocycles. The topological polar surface area (TPSA) is 49.9 Å². The number of hydrogen-bond acceptors (Lipinski definition) is 1. The van der Waals surface area contributed by atoms with Crippen molar-refractivity contribution in [1.82, 2.24) is 0 Å². The van der Waals surface area contributed by atoms with Crippen molar-refractivity contribution >= 4 is 5.84 Å². The Balaban J connectivity index is 2.44. The molecule has 0 saturated heterocycles. The summed E-state index contributed by atoms with van der Waals surface area (Å²) in [5.74, 6) is -0.201. The molecule has 2 aromatic carbocycles. The van der Waals surface area contributed by atoms with Crippen molar-refractivity contribution in [1.29, 1.82) is 5.41 Å². The van der Waals surface area contributed by atoms with Crippen LogP contribution in [0.4, 0.5) is 4.39 Å². The first-order chi connectivity index (χ1) is 8.59. The normalized spacial score (nSPS) is 10.3. The van der Waals surface area contributed by atoms with Crippen LogP contribution in [-0.2, 0) is 6.42 Å². The third kappa shape index (κ3) is 2.40. The lowest BCUT2D eigenvalue weighted by Crippen LogP contribution is -2.16. The van der Waals surface area contributed by atoms with Crippen molar-refractivity contribution in [2.45, 2.75) is 13.3 Å². The van der Waals surface area contributed by atoms with Crippen LogP contribution in [0.1, 0.15) is 22.3 Å². The van der Waals surface area contributed by atoms with E-state index in [-0.39, 0.29) is 11.7 Å². The highest BCUT2D eigenvalue weighted by Crippen LogP contribution is 2.19. The monoisotopic (exact) mass is 242 g/mol. The number of nitrogens with one attached hydrogen (secondary N) is 1. The minimum Gasteiger partial charge on any atom is -0.384 e. The summed E-state index contributed by atoms with van der Waals surface area (Å²) in [4.78, 5) is 0. The van der Waals surface area contributed by atoms with Crippen molar-refractivity contribution < 1.29 is 4.39 Å². The summed E-state index contributed by atoms with van der Waals surface area (Å²) in [5, 5.41) is 7.62. The molecule has 0 aliphatic carbocycles. The van der Waals surface area contributed by atoms with Gasteiger partial charge in [-0.05, 0) is 29.7 Å². The van der Waals surface area contributed by atoms with Gasteiger partial charge in [-0.25, -0.2) is 4.39 Å². The van der Waals surface area contributed by atoms with Gasteiger partial charge in [0.25, 0.3) is 0 Å². The van der Waals surface area contributed by atoms with Crippen LogP contribution in [-0.4, -0.2) is 5.84 Å². The minimum absolute atomic E-state index is 0.0273. The highest BCUT2D eigenvalue weighted by molar-refractivity contribution is 5.97. The zero-order chi connectivity index (χ0) is 13.1. The van der Waals surface area contributed by atoms with Gasteiger partial charge in [-0.2, -0.15) is 0 Å². The quantitative estimate of drug-likeness (QED) is 0.631. The first-order valence-electron chi connectivity index (χ1n) is 5.76.